The van der Waals surface area contributed by atoms with Gasteiger partial charge in [-0.2, -0.15) is 0 Å². The summed E-state index contributed by atoms with van der Waals surface area (Å²) in [4.78, 5) is 11.1. The van der Waals surface area contributed by atoms with Crippen molar-refractivity contribution in [2.24, 2.45) is 0 Å². The normalized spacial score (nSPS) is 11.2. The maximum absolute atomic E-state index is 11.1. The van der Waals surface area contributed by atoms with Gasteiger partial charge in [0.25, 0.3) is 0 Å². The molecule has 0 aromatic heterocycles. The smallest absolute Gasteiger partial charge is 0.223 e. The van der Waals surface area contributed by atoms with Crippen LogP contribution in [0, 0.1) is 0 Å². The van der Waals surface area contributed by atoms with Crippen LogP contribution in [-0.4, -0.2) is 25.1 Å². The third kappa shape index (κ3) is 6.82. The molecule has 19 heavy (non-hydrogen) atoms. The lowest BCUT2D eigenvalue weighted by atomic mass is 10.1. The topological polar surface area (TPSA) is 50.4 Å². The van der Waals surface area contributed by atoms with Crippen molar-refractivity contribution in [2.45, 2.75) is 39.3 Å². The van der Waals surface area contributed by atoms with E-state index in [0.717, 1.165) is 12.3 Å². The predicted molar refractivity (Wildman–Crippen MR) is 77.2 cm³/mol. The first-order valence-electron chi connectivity index (χ1n) is 6.58. The van der Waals surface area contributed by atoms with E-state index in [1.54, 1.807) is 7.05 Å². The van der Waals surface area contributed by atoms with E-state index in [1.165, 1.54) is 5.56 Å². The van der Waals surface area contributed by atoms with Crippen LogP contribution in [-0.2, 0) is 11.3 Å². The summed E-state index contributed by atoms with van der Waals surface area (Å²) in [7, 11) is 1.63. The lowest BCUT2D eigenvalue weighted by molar-refractivity contribution is -0.121. The van der Waals surface area contributed by atoms with Crippen molar-refractivity contribution >= 4 is 5.91 Å². The molecule has 0 saturated carbocycles. The van der Waals surface area contributed by atoms with Crippen molar-refractivity contribution in [3.05, 3.63) is 29.8 Å². The molecule has 0 aliphatic heterocycles. The van der Waals surface area contributed by atoms with Gasteiger partial charge in [0.15, 0.2) is 0 Å². The Morgan fingerprint density at radius 1 is 1.32 bits per heavy atom. The Bertz CT molecular complexity index is 411. The third-order valence-electron chi connectivity index (χ3n) is 2.60. The Kier molecular flexibility index (Phi) is 5.83. The zero-order chi connectivity index (χ0) is 14.3. The van der Waals surface area contributed by atoms with Gasteiger partial charge in [-0.1, -0.05) is 12.1 Å². The fourth-order valence-electron chi connectivity index (χ4n) is 1.50. The first-order valence-corrected chi connectivity index (χ1v) is 6.58. The molecule has 0 spiro atoms. The van der Waals surface area contributed by atoms with Crippen molar-refractivity contribution in [1.29, 1.82) is 0 Å². The number of amides is 1. The first kappa shape index (κ1) is 15.5. The molecule has 0 radical (unpaired) electrons. The molecule has 0 heterocycles. The Labute approximate surface area is 115 Å². The largest absolute Gasteiger partial charge is 0.493 e. The van der Waals surface area contributed by atoms with E-state index in [2.05, 4.69) is 37.5 Å². The van der Waals surface area contributed by atoms with E-state index in [4.69, 9.17) is 4.74 Å². The molecule has 1 rings (SSSR count). The number of carbonyl (C=O) groups excluding carboxylic acids is 1. The standard InChI is InChI=1S/C15H24N2O2/c1-15(2,3)17-11-12-6-5-7-13(10-12)19-9-8-14(18)16-4/h5-7,10,17H,8-9,11H2,1-4H3,(H,16,18). The van der Waals surface area contributed by atoms with Crippen LogP contribution in [0.5, 0.6) is 5.75 Å². The second kappa shape index (κ2) is 7.14. The van der Waals surface area contributed by atoms with Crippen molar-refractivity contribution in [3.8, 4) is 5.75 Å². The van der Waals surface area contributed by atoms with Gasteiger partial charge in [0.2, 0.25) is 5.91 Å². The number of hydrogen-bond donors (Lipinski definition) is 2. The summed E-state index contributed by atoms with van der Waals surface area (Å²) >= 11 is 0. The summed E-state index contributed by atoms with van der Waals surface area (Å²) < 4.78 is 5.56. The number of nitrogens with one attached hydrogen (secondary N) is 2. The molecule has 0 aliphatic carbocycles. The van der Waals surface area contributed by atoms with E-state index in [0.29, 0.717) is 13.0 Å². The molecule has 0 aliphatic rings. The number of rotatable bonds is 6. The van der Waals surface area contributed by atoms with E-state index in [1.807, 2.05) is 18.2 Å². The summed E-state index contributed by atoms with van der Waals surface area (Å²) in [5, 5.41) is 6.00. The zero-order valence-corrected chi connectivity index (χ0v) is 12.2. The maximum Gasteiger partial charge on any atom is 0.223 e. The molecular formula is C15H24N2O2. The minimum absolute atomic E-state index is 0.00875. The SMILES string of the molecule is CNC(=O)CCOc1cccc(CNC(C)(C)C)c1. The number of benzene rings is 1. The minimum atomic E-state index is -0.00875. The average molecular weight is 264 g/mol. The van der Waals surface area contributed by atoms with Crippen LogP contribution in [0.25, 0.3) is 0 Å². The molecule has 4 nitrogen and oxygen atoms in total. The van der Waals surface area contributed by atoms with E-state index < -0.39 is 0 Å². The van der Waals surface area contributed by atoms with Gasteiger partial charge in [0.05, 0.1) is 13.0 Å². The number of hydrogen-bond acceptors (Lipinski definition) is 3. The highest BCUT2D eigenvalue weighted by Gasteiger charge is 2.08. The van der Waals surface area contributed by atoms with Crippen LogP contribution in [0.15, 0.2) is 24.3 Å². The minimum Gasteiger partial charge on any atom is -0.493 e. The predicted octanol–water partition coefficient (Wildman–Crippen LogP) is 2.09. The van der Waals surface area contributed by atoms with Gasteiger partial charge in [-0.15, -0.1) is 0 Å². The Balaban J connectivity index is 2.45. The molecule has 106 valence electrons. The summed E-state index contributed by atoms with van der Waals surface area (Å²) in [6, 6.07) is 7.94. The highest BCUT2D eigenvalue weighted by Crippen LogP contribution is 2.14. The molecule has 0 fully saturated rings. The van der Waals surface area contributed by atoms with Crippen LogP contribution in [0.3, 0.4) is 0 Å². The fourth-order valence-corrected chi connectivity index (χ4v) is 1.50. The Morgan fingerprint density at radius 3 is 2.68 bits per heavy atom. The molecule has 0 unspecified atom stereocenters. The molecule has 0 saturated heterocycles. The van der Waals surface area contributed by atoms with Crippen LogP contribution >= 0.6 is 0 Å². The second-order valence-electron chi connectivity index (χ2n) is 5.52. The van der Waals surface area contributed by atoms with Crippen LogP contribution in [0.4, 0.5) is 0 Å². The molecule has 1 amide bonds. The van der Waals surface area contributed by atoms with Crippen molar-refractivity contribution in [2.75, 3.05) is 13.7 Å². The van der Waals surface area contributed by atoms with E-state index in [9.17, 15) is 4.79 Å². The van der Waals surface area contributed by atoms with Gasteiger partial charge in [0, 0.05) is 19.1 Å². The number of carbonyl (C=O) groups is 1. The lowest BCUT2D eigenvalue weighted by Gasteiger charge is -2.20. The highest BCUT2D eigenvalue weighted by molar-refractivity contribution is 5.75. The summed E-state index contributed by atoms with van der Waals surface area (Å²) in [5.41, 5.74) is 1.27. The summed E-state index contributed by atoms with van der Waals surface area (Å²) in [6.45, 7) is 7.61. The van der Waals surface area contributed by atoms with Gasteiger partial charge in [-0.25, -0.2) is 0 Å². The third-order valence-corrected chi connectivity index (χ3v) is 2.60. The van der Waals surface area contributed by atoms with Crippen LogP contribution in [0.2, 0.25) is 0 Å². The molecule has 1 aromatic carbocycles. The van der Waals surface area contributed by atoms with Gasteiger partial charge in [-0.05, 0) is 38.5 Å². The van der Waals surface area contributed by atoms with E-state index >= 15 is 0 Å². The molecule has 2 N–H and O–H groups in total. The number of ether oxygens (including phenoxy) is 1. The quantitative estimate of drug-likeness (QED) is 0.827. The lowest BCUT2D eigenvalue weighted by Crippen LogP contribution is -2.35. The van der Waals surface area contributed by atoms with Gasteiger partial charge >= 0.3 is 0 Å². The van der Waals surface area contributed by atoms with Crippen molar-refractivity contribution < 1.29 is 9.53 Å². The first-order chi connectivity index (χ1) is 8.90. The van der Waals surface area contributed by atoms with Crippen LogP contribution in [0.1, 0.15) is 32.8 Å². The molecule has 0 bridgehead atoms. The second-order valence-corrected chi connectivity index (χ2v) is 5.52. The summed E-state index contributed by atoms with van der Waals surface area (Å²) in [5.74, 6) is 0.794. The fraction of sp³-hybridized carbons (Fsp3) is 0.533. The van der Waals surface area contributed by atoms with Gasteiger partial charge < -0.3 is 15.4 Å². The van der Waals surface area contributed by atoms with E-state index in [-0.39, 0.29) is 11.4 Å². The molecule has 1 aromatic rings. The molecular weight excluding hydrogens is 240 g/mol. The van der Waals surface area contributed by atoms with Gasteiger partial charge in [0.1, 0.15) is 5.75 Å². The van der Waals surface area contributed by atoms with Crippen molar-refractivity contribution in [3.63, 3.8) is 0 Å². The molecule has 0 atom stereocenters. The average Bonchev–Trinajstić information content (AvgIpc) is 2.36. The summed E-state index contributed by atoms with van der Waals surface area (Å²) in [6.07, 6.45) is 0.376. The molecule has 4 heteroatoms. The van der Waals surface area contributed by atoms with Gasteiger partial charge in [-0.3, -0.25) is 4.79 Å². The zero-order valence-electron chi connectivity index (χ0n) is 12.2. The van der Waals surface area contributed by atoms with Crippen molar-refractivity contribution in [1.82, 2.24) is 10.6 Å². The maximum atomic E-state index is 11.1. The Hall–Kier alpha value is -1.55. The highest BCUT2D eigenvalue weighted by atomic mass is 16.5. The monoisotopic (exact) mass is 264 g/mol. The van der Waals surface area contributed by atoms with Crippen LogP contribution < -0.4 is 15.4 Å². The Morgan fingerprint density at radius 2 is 2.05 bits per heavy atom.